The van der Waals surface area contributed by atoms with Crippen molar-refractivity contribution in [2.75, 3.05) is 13.1 Å². The highest BCUT2D eigenvalue weighted by Gasteiger charge is 2.38. The fourth-order valence-electron chi connectivity index (χ4n) is 2.05. The van der Waals surface area contributed by atoms with E-state index in [2.05, 4.69) is 10.3 Å². The third kappa shape index (κ3) is 4.19. The molecule has 0 unspecified atom stereocenters. The molecule has 0 atom stereocenters. The molecule has 1 aromatic carbocycles. The highest BCUT2D eigenvalue weighted by molar-refractivity contribution is 5.81. The third-order valence-corrected chi connectivity index (χ3v) is 3.43. The summed E-state index contributed by atoms with van der Waals surface area (Å²) in [7, 11) is 0. The molecule has 3 rings (SSSR count). The molecule has 0 bridgehead atoms. The first-order chi connectivity index (χ1) is 11.0. The summed E-state index contributed by atoms with van der Waals surface area (Å²) in [5, 5.41) is 11.1. The number of benzene rings is 1. The largest absolute Gasteiger partial charge is 0.490 e. The van der Waals surface area contributed by atoms with Crippen LogP contribution >= 0.6 is 0 Å². The number of alkyl halides is 6. The first kappa shape index (κ1) is 18.1. The van der Waals surface area contributed by atoms with E-state index in [0.29, 0.717) is 11.4 Å². The molecule has 132 valence electrons. The van der Waals surface area contributed by atoms with Gasteiger partial charge in [-0.2, -0.15) is 26.3 Å². The van der Waals surface area contributed by atoms with Gasteiger partial charge in [-0.3, -0.25) is 0 Å². The number of hydrogen-bond acceptors (Lipinski definition) is 2. The van der Waals surface area contributed by atoms with Gasteiger partial charge >= 0.3 is 18.3 Å². The van der Waals surface area contributed by atoms with E-state index < -0.39 is 23.9 Å². The van der Waals surface area contributed by atoms with E-state index in [-0.39, 0.29) is 0 Å². The van der Waals surface area contributed by atoms with Gasteiger partial charge in [-0.1, -0.05) is 6.07 Å². The van der Waals surface area contributed by atoms with Crippen LogP contribution in [0.3, 0.4) is 0 Å². The summed E-state index contributed by atoms with van der Waals surface area (Å²) in [6, 6.07) is 5.75. The Bertz CT molecular complexity index is 731. The van der Waals surface area contributed by atoms with Crippen LogP contribution in [-0.4, -0.2) is 35.3 Å². The minimum atomic E-state index is -5.08. The minimum absolute atomic E-state index is 0.400. The third-order valence-electron chi connectivity index (χ3n) is 3.43. The predicted molar refractivity (Wildman–Crippen MR) is 72.6 cm³/mol. The molecule has 10 heteroatoms. The lowest BCUT2D eigenvalue weighted by Gasteiger charge is -2.25. The first-order valence-electron chi connectivity index (χ1n) is 6.69. The molecule has 3 N–H and O–H groups in total. The van der Waals surface area contributed by atoms with Crippen LogP contribution in [0.15, 0.2) is 24.3 Å². The van der Waals surface area contributed by atoms with E-state index in [0.717, 1.165) is 30.2 Å². The van der Waals surface area contributed by atoms with Crippen molar-refractivity contribution in [3.05, 3.63) is 35.5 Å². The number of nitrogens with one attached hydrogen (secondary N) is 2. The normalized spacial score (nSPS) is 15.6. The molecule has 0 radical (unpaired) electrons. The van der Waals surface area contributed by atoms with Gasteiger partial charge in [0.1, 0.15) is 0 Å². The summed E-state index contributed by atoms with van der Waals surface area (Å²) in [5.74, 6) is -2.36. The highest BCUT2D eigenvalue weighted by Crippen LogP contribution is 2.32. The number of carboxylic acids is 1. The second-order valence-electron chi connectivity index (χ2n) is 5.18. The quantitative estimate of drug-likeness (QED) is 0.687. The number of carbonyl (C=O) groups is 1. The number of halogens is 6. The molecule has 1 fully saturated rings. The Morgan fingerprint density at radius 2 is 1.67 bits per heavy atom. The van der Waals surface area contributed by atoms with Gasteiger partial charge in [-0.25, -0.2) is 4.79 Å². The Balaban J connectivity index is 0.000000256. The van der Waals surface area contributed by atoms with Crippen LogP contribution in [-0.2, 0) is 11.0 Å². The zero-order valence-electron chi connectivity index (χ0n) is 11.9. The molecule has 1 aliphatic rings. The molecule has 4 nitrogen and oxygen atoms in total. The van der Waals surface area contributed by atoms with Crippen LogP contribution in [0.2, 0.25) is 0 Å². The van der Waals surface area contributed by atoms with E-state index >= 15 is 0 Å². The monoisotopic (exact) mass is 354 g/mol. The Kier molecular flexibility index (Phi) is 4.79. The van der Waals surface area contributed by atoms with E-state index in [4.69, 9.17) is 9.90 Å². The Labute approximate surface area is 131 Å². The van der Waals surface area contributed by atoms with Crippen molar-refractivity contribution >= 4 is 16.9 Å². The van der Waals surface area contributed by atoms with Crippen molar-refractivity contribution in [1.82, 2.24) is 10.3 Å². The molecule has 1 saturated heterocycles. The number of aliphatic carboxylic acids is 1. The summed E-state index contributed by atoms with van der Waals surface area (Å²) in [6.45, 7) is 1.78. The van der Waals surface area contributed by atoms with Crippen LogP contribution in [0.4, 0.5) is 26.3 Å². The van der Waals surface area contributed by atoms with Crippen LogP contribution in [0.25, 0.3) is 10.9 Å². The lowest BCUT2D eigenvalue weighted by atomic mass is 9.99. The Morgan fingerprint density at radius 3 is 2.08 bits per heavy atom. The van der Waals surface area contributed by atoms with Crippen LogP contribution in [0.5, 0.6) is 0 Å². The number of carboxylic acid groups (broad SMARTS) is 1. The Morgan fingerprint density at radius 1 is 1.08 bits per heavy atom. The molecule has 0 saturated carbocycles. The molecule has 0 spiro atoms. The number of rotatable bonds is 1. The summed E-state index contributed by atoms with van der Waals surface area (Å²) in [6.07, 6.45) is -9.36. The first-order valence-corrected chi connectivity index (χ1v) is 6.69. The van der Waals surface area contributed by atoms with Crippen LogP contribution in [0.1, 0.15) is 17.2 Å². The van der Waals surface area contributed by atoms with Gasteiger partial charge in [-0.05, 0) is 23.6 Å². The van der Waals surface area contributed by atoms with Crippen LogP contribution in [0, 0.1) is 0 Å². The summed E-state index contributed by atoms with van der Waals surface area (Å²) < 4.78 is 69.3. The zero-order valence-corrected chi connectivity index (χ0v) is 11.9. The van der Waals surface area contributed by atoms with Gasteiger partial charge in [0.2, 0.25) is 0 Å². The van der Waals surface area contributed by atoms with Crippen LogP contribution < -0.4 is 5.32 Å². The molecule has 0 aliphatic carbocycles. The van der Waals surface area contributed by atoms with Gasteiger partial charge in [0, 0.05) is 30.2 Å². The number of hydrogen-bond donors (Lipinski definition) is 3. The van der Waals surface area contributed by atoms with Crippen molar-refractivity contribution in [3.8, 4) is 0 Å². The smallest absolute Gasteiger partial charge is 0.475 e. The molecular formula is C14H12F6N2O2. The molecule has 1 aliphatic heterocycles. The minimum Gasteiger partial charge on any atom is -0.475 e. The average molecular weight is 354 g/mol. The molecule has 24 heavy (non-hydrogen) atoms. The van der Waals surface area contributed by atoms with Crippen molar-refractivity contribution in [1.29, 1.82) is 0 Å². The second-order valence-corrected chi connectivity index (χ2v) is 5.18. The van der Waals surface area contributed by atoms with Gasteiger partial charge in [-0.15, -0.1) is 0 Å². The van der Waals surface area contributed by atoms with E-state index in [1.807, 2.05) is 6.07 Å². The van der Waals surface area contributed by atoms with Gasteiger partial charge in [0.15, 0.2) is 0 Å². The lowest BCUT2D eigenvalue weighted by Crippen LogP contribution is -2.40. The predicted octanol–water partition coefficient (Wildman–Crippen LogP) is 3.51. The maximum Gasteiger partial charge on any atom is 0.490 e. The van der Waals surface area contributed by atoms with Gasteiger partial charge < -0.3 is 15.4 Å². The number of fused-ring (bicyclic) bond motifs is 1. The molecule has 2 aromatic rings. The fraction of sp³-hybridized carbons (Fsp3) is 0.357. The highest BCUT2D eigenvalue weighted by atomic mass is 19.4. The lowest BCUT2D eigenvalue weighted by molar-refractivity contribution is -0.192. The fourth-order valence-corrected chi connectivity index (χ4v) is 2.05. The van der Waals surface area contributed by atoms with Gasteiger partial charge in [0.25, 0.3) is 0 Å². The molecule has 1 aromatic heterocycles. The number of aromatic amines is 1. The van der Waals surface area contributed by atoms with E-state index in [1.54, 1.807) is 0 Å². The average Bonchev–Trinajstić information content (AvgIpc) is 2.76. The van der Waals surface area contributed by atoms with Crippen molar-refractivity contribution in [3.63, 3.8) is 0 Å². The number of aromatic nitrogens is 1. The molecule has 0 amide bonds. The summed E-state index contributed by atoms with van der Waals surface area (Å²) in [4.78, 5) is 12.0. The zero-order chi connectivity index (χ0) is 18.1. The summed E-state index contributed by atoms with van der Waals surface area (Å²) >= 11 is 0. The van der Waals surface area contributed by atoms with Crippen molar-refractivity contribution in [2.45, 2.75) is 18.3 Å². The van der Waals surface area contributed by atoms with Gasteiger partial charge in [0.05, 0.1) is 5.56 Å². The number of H-pyrrole nitrogens is 1. The summed E-state index contributed by atoms with van der Waals surface area (Å²) in [5.41, 5.74) is 0.963. The maximum absolute atomic E-state index is 12.5. The molecular weight excluding hydrogens is 342 g/mol. The Hall–Kier alpha value is -2.23. The topological polar surface area (TPSA) is 65.1 Å². The SMILES string of the molecule is FC(F)(F)c1ccc2cc(C3CNC3)[nH]c2c1.O=C(O)C(F)(F)F. The molecule has 2 heterocycles. The standard InChI is InChI=1S/C12H11F3N2.C2HF3O2/c13-12(14,15)9-2-1-7-3-10(8-5-16-6-8)17-11(7)4-9;3-2(4,5)1(6)7/h1-4,8,16-17H,5-6H2;(H,6,7). The maximum atomic E-state index is 12.5. The van der Waals surface area contributed by atoms with E-state index in [1.165, 1.54) is 12.1 Å². The van der Waals surface area contributed by atoms with Crippen molar-refractivity contribution < 1.29 is 36.2 Å². The second kappa shape index (κ2) is 6.34. The van der Waals surface area contributed by atoms with Crippen molar-refractivity contribution in [2.24, 2.45) is 0 Å². The van der Waals surface area contributed by atoms with E-state index in [9.17, 15) is 26.3 Å².